The number of phenols is 1. The molecule has 0 spiro atoms. The van der Waals surface area contributed by atoms with E-state index in [1.165, 1.54) is 24.3 Å². The van der Waals surface area contributed by atoms with Crippen LogP contribution >= 0.6 is 0 Å². The summed E-state index contributed by atoms with van der Waals surface area (Å²) < 4.78 is 16.1. The number of aliphatic hydroxyl groups excluding tert-OH is 6. The Bertz CT molecular complexity index is 952. The fourth-order valence-corrected chi connectivity index (χ4v) is 4.21. The van der Waals surface area contributed by atoms with E-state index in [1.807, 2.05) is 0 Å². The quantitative estimate of drug-likeness (QED) is 0.246. The van der Waals surface area contributed by atoms with Crippen LogP contribution in [0.1, 0.15) is 5.56 Å². The summed E-state index contributed by atoms with van der Waals surface area (Å²) in [5.41, 5.74) is -2.26. The summed E-state index contributed by atoms with van der Waals surface area (Å²) >= 11 is 0. The molecular formula is C21H26O11. The lowest BCUT2D eigenvalue weighted by atomic mass is 9.80. The molecule has 2 aromatic carbocycles. The lowest BCUT2D eigenvalue weighted by Crippen LogP contribution is -2.64. The van der Waals surface area contributed by atoms with Crippen molar-refractivity contribution in [2.75, 3.05) is 13.2 Å². The van der Waals surface area contributed by atoms with E-state index in [0.29, 0.717) is 10.8 Å². The number of aromatic hydroxyl groups is 1. The Hall–Kier alpha value is -1.90. The molecule has 9 atom stereocenters. The summed E-state index contributed by atoms with van der Waals surface area (Å²) in [6, 6.07) is 9.07. The summed E-state index contributed by atoms with van der Waals surface area (Å²) in [4.78, 5) is 0. The zero-order chi connectivity index (χ0) is 23.2. The van der Waals surface area contributed by atoms with Gasteiger partial charge >= 0.3 is 0 Å². The Morgan fingerprint density at radius 2 is 1.75 bits per heavy atom. The molecule has 2 heterocycles. The molecule has 4 rings (SSSR count). The van der Waals surface area contributed by atoms with Crippen LogP contribution in [0.3, 0.4) is 0 Å². The Labute approximate surface area is 182 Å². The number of rotatable bonds is 4. The van der Waals surface area contributed by atoms with E-state index < -0.39 is 68.0 Å². The van der Waals surface area contributed by atoms with Gasteiger partial charge in [-0.15, -0.1) is 0 Å². The molecule has 0 bridgehead atoms. The number of fused-ring (bicyclic) bond motifs is 1. The molecule has 2 aliphatic heterocycles. The minimum atomic E-state index is -2.37. The van der Waals surface area contributed by atoms with Gasteiger partial charge in [-0.05, 0) is 28.5 Å². The van der Waals surface area contributed by atoms with Crippen molar-refractivity contribution >= 4 is 10.8 Å². The fraction of sp³-hybridized carbons (Fsp3) is 0.524. The predicted molar refractivity (Wildman–Crippen MR) is 106 cm³/mol. The summed E-state index contributed by atoms with van der Waals surface area (Å²) in [5.74, 6) is -0.00791. The molecule has 2 saturated heterocycles. The first kappa shape index (κ1) is 23.3. The Morgan fingerprint density at radius 1 is 1.00 bits per heavy atom. The van der Waals surface area contributed by atoms with Crippen molar-refractivity contribution in [3.8, 4) is 5.75 Å². The molecule has 11 nitrogen and oxygen atoms in total. The molecule has 11 heteroatoms. The van der Waals surface area contributed by atoms with Crippen molar-refractivity contribution in [1.29, 1.82) is 0 Å². The van der Waals surface area contributed by atoms with Crippen LogP contribution < -0.4 is 0 Å². The normalized spacial score (nSPS) is 40.5. The van der Waals surface area contributed by atoms with Crippen LogP contribution in [0.5, 0.6) is 5.75 Å². The van der Waals surface area contributed by atoms with Crippen molar-refractivity contribution in [3.63, 3.8) is 0 Å². The van der Waals surface area contributed by atoms with Gasteiger partial charge in [0, 0.05) is 0 Å². The van der Waals surface area contributed by atoms with Crippen LogP contribution in [-0.2, 0) is 19.8 Å². The molecule has 0 radical (unpaired) electrons. The second kappa shape index (κ2) is 8.80. The van der Waals surface area contributed by atoms with E-state index in [2.05, 4.69) is 0 Å². The second-order valence-electron chi connectivity index (χ2n) is 8.04. The van der Waals surface area contributed by atoms with E-state index in [1.54, 1.807) is 12.1 Å². The average Bonchev–Trinajstić information content (AvgIpc) is 2.78. The van der Waals surface area contributed by atoms with E-state index in [0.717, 1.165) is 0 Å². The van der Waals surface area contributed by atoms with Crippen LogP contribution in [0.2, 0.25) is 0 Å². The van der Waals surface area contributed by atoms with Gasteiger partial charge in [-0.25, -0.2) is 0 Å². The monoisotopic (exact) mass is 454 g/mol. The Kier molecular flexibility index (Phi) is 6.40. The van der Waals surface area contributed by atoms with E-state index in [4.69, 9.17) is 14.2 Å². The molecule has 176 valence electrons. The summed E-state index contributed by atoms with van der Waals surface area (Å²) in [5, 5.41) is 83.0. The molecule has 0 amide bonds. The minimum absolute atomic E-state index is 0.00791. The molecule has 2 aliphatic rings. The maximum absolute atomic E-state index is 11.4. The van der Waals surface area contributed by atoms with Crippen molar-refractivity contribution in [3.05, 3.63) is 42.0 Å². The fourth-order valence-electron chi connectivity index (χ4n) is 4.21. The minimum Gasteiger partial charge on any atom is -0.508 e. The third-order valence-corrected chi connectivity index (χ3v) is 6.05. The predicted octanol–water partition coefficient (Wildman–Crippen LogP) is -2.37. The summed E-state index contributed by atoms with van der Waals surface area (Å²) in [7, 11) is 0. The maximum atomic E-state index is 11.4. The van der Waals surface area contributed by atoms with Gasteiger partial charge in [0.15, 0.2) is 18.2 Å². The van der Waals surface area contributed by atoms with Crippen LogP contribution in [0, 0.1) is 0 Å². The van der Waals surface area contributed by atoms with Crippen LogP contribution in [-0.4, -0.2) is 103 Å². The molecule has 8 N–H and O–H groups in total. The van der Waals surface area contributed by atoms with Crippen molar-refractivity contribution < 1.29 is 55.1 Å². The molecule has 0 saturated carbocycles. The lowest BCUT2D eigenvalue weighted by molar-refractivity contribution is -0.359. The van der Waals surface area contributed by atoms with E-state index in [-0.39, 0.29) is 11.3 Å². The van der Waals surface area contributed by atoms with Gasteiger partial charge in [0.25, 0.3) is 0 Å². The van der Waals surface area contributed by atoms with Gasteiger partial charge in [-0.2, -0.15) is 0 Å². The van der Waals surface area contributed by atoms with Crippen molar-refractivity contribution in [2.24, 2.45) is 0 Å². The molecule has 2 aromatic rings. The maximum Gasteiger partial charge on any atom is 0.190 e. The average molecular weight is 454 g/mol. The largest absolute Gasteiger partial charge is 0.508 e. The van der Waals surface area contributed by atoms with Gasteiger partial charge in [0.1, 0.15) is 42.4 Å². The molecule has 2 fully saturated rings. The van der Waals surface area contributed by atoms with Crippen LogP contribution in [0.4, 0.5) is 0 Å². The Morgan fingerprint density at radius 3 is 2.47 bits per heavy atom. The smallest absolute Gasteiger partial charge is 0.190 e. The number of ether oxygens (including phenoxy) is 3. The summed E-state index contributed by atoms with van der Waals surface area (Å²) in [6.07, 6.45) is -12.8. The van der Waals surface area contributed by atoms with Gasteiger partial charge < -0.3 is 55.1 Å². The van der Waals surface area contributed by atoms with Gasteiger partial charge in [-0.3, -0.25) is 0 Å². The molecule has 0 aromatic heterocycles. The second-order valence-corrected chi connectivity index (χ2v) is 8.04. The molecular weight excluding hydrogens is 428 g/mol. The Balaban J connectivity index is 1.64. The number of benzene rings is 2. The highest BCUT2D eigenvalue weighted by atomic mass is 16.7. The topological polar surface area (TPSA) is 190 Å². The number of hydrogen-bond donors (Lipinski definition) is 8. The molecule has 0 aliphatic carbocycles. The highest BCUT2D eigenvalue weighted by Gasteiger charge is 2.55. The van der Waals surface area contributed by atoms with Crippen LogP contribution in [0.15, 0.2) is 36.4 Å². The molecule has 32 heavy (non-hydrogen) atoms. The summed E-state index contributed by atoms with van der Waals surface area (Å²) in [6.45, 7) is -1.06. The van der Waals surface area contributed by atoms with E-state index in [9.17, 15) is 40.9 Å². The standard InChI is InChI=1S/C21H26O11/c22-7-13-15(24)16(25)17(26)19(31-13)32-14-8-30-20(28)21(29,18(14)27)12-3-1-2-9-6-10(23)4-5-11(9)12/h1-6,13-20,22-29H,7-8H2/t13-,14-,15+,16+,17-,18+,19+,20-,21-/m1/s1. The number of phenolic OH excluding ortho intramolecular Hbond substituents is 1. The zero-order valence-electron chi connectivity index (χ0n) is 16.8. The third kappa shape index (κ3) is 3.76. The van der Waals surface area contributed by atoms with Gasteiger partial charge in [0.05, 0.1) is 13.2 Å². The van der Waals surface area contributed by atoms with Gasteiger partial charge in [0.2, 0.25) is 0 Å². The lowest BCUT2D eigenvalue weighted by Gasteiger charge is -2.47. The van der Waals surface area contributed by atoms with Crippen molar-refractivity contribution in [1.82, 2.24) is 0 Å². The number of aliphatic hydroxyl groups is 7. The SMILES string of the molecule is OC[C@H]1O[C@@H](O[C@@H]2CO[C@@H](O)[C@@](O)(c3cccc4cc(O)ccc34)[C@H]2O)[C@H](O)[C@@H](O)[C@H]1O. The third-order valence-electron chi connectivity index (χ3n) is 6.05. The highest BCUT2D eigenvalue weighted by molar-refractivity contribution is 5.87. The first-order valence-electron chi connectivity index (χ1n) is 10.1. The van der Waals surface area contributed by atoms with Crippen LogP contribution in [0.25, 0.3) is 10.8 Å². The van der Waals surface area contributed by atoms with Gasteiger partial charge in [-0.1, -0.05) is 24.3 Å². The highest BCUT2D eigenvalue weighted by Crippen LogP contribution is 2.40. The van der Waals surface area contributed by atoms with Crippen molar-refractivity contribution in [2.45, 2.75) is 54.8 Å². The first-order chi connectivity index (χ1) is 15.2. The number of hydrogen-bond acceptors (Lipinski definition) is 11. The zero-order valence-corrected chi connectivity index (χ0v) is 16.8. The first-order valence-corrected chi connectivity index (χ1v) is 10.1. The van der Waals surface area contributed by atoms with E-state index >= 15 is 0 Å². The molecule has 0 unspecified atom stereocenters.